The fraction of sp³-hybridized carbons (Fsp3) is 0.348. The predicted octanol–water partition coefficient (Wildman–Crippen LogP) is 3.64. The van der Waals surface area contributed by atoms with Gasteiger partial charge in [0, 0.05) is 25.3 Å². The first-order valence-electron chi connectivity index (χ1n) is 9.93. The van der Waals surface area contributed by atoms with Crippen molar-refractivity contribution in [1.29, 1.82) is 0 Å². The van der Waals surface area contributed by atoms with E-state index in [0.29, 0.717) is 36.1 Å². The molecule has 3 aliphatic rings. The van der Waals surface area contributed by atoms with Crippen molar-refractivity contribution in [1.82, 2.24) is 4.90 Å². The third-order valence-electron chi connectivity index (χ3n) is 5.59. The second-order valence-electron chi connectivity index (χ2n) is 7.52. The number of ether oxygens (including phenoxy) is 4. The van der Waals surface area contributed by atoms with Gasteiger partial charge in [0.1, 0.15) is 24.0 Å². The van der Waals surface area contributed by atoms with Gasteiger partial charge in [-0.15, -0.1) is 0 Å². The van der Waals surface area contributed by atoms with E-state index < -0.39 is 0 Å². The first-order valence-corrected chi connectivity index (χ1v) is 9.93. The van der Waals surface area contributed by atoms with E-state index in [2.05, 4.69) is 4.90 Å². The molecule has 5 rings (SSSR count). The predicted molar refractivity (Wildman–Crippen MR) is 107 cm³/mol. The third kappa shape index (κ3) is 3.39. The average Bonchev–Trinajstić information content (AvgIpc) is 3.37. The van der Waals surface area contributed by atoms with Crippen LogP contribution in [0.3, 0.4) is 0 Å². The second-order valence-corrected chi connectivity index (χ2v) is 7.52. The molecule has 1 fully saturated rings. The number of ketones is 1. The van der Waals surface area contributed by atoms with Crippen molar-refractivity contribution in [3.63, 3.8) is 0 Å². The maximum absolute atomic E-state index is 12.9. The van der Waals surface area contributed by atoms with Crippen LogP contribution < -0.4 is 14.2 Å². The minimum Gasteiger partial charge on any atom is -0.496 e. The number of nitrogens with zero attached hydrogens (tertiary/aromatic N) is 1. The summed E-state index contributed by atoms with van der Waals surface area (Å²) >= 11 is 0. The van der Waals surface area contributed by atoms with Gasteiger partial charge in [-0.25, -0.2) is 0 Å². The smallest absolute Gasteiger partial charge is 0.231 e. The number of Topliss-reactive ketones (excluding diaryl/α,β-unsaturated/α-hetero) is 1. The highest BCUT2D eigenvalue weighted by Gasteiger charge is 2.34. The van der Waals surface area contributed by atoms with Crippen LogP contribution >= 0.6 is 0 Å². The fourth-order valence-electron chi connectivity index (χ4n) is 4.12. The van der Waals surface area contributed by atoms with Crippen molar-refractivity contribution in [2.45, 2.75) is 25.5 Å². The molecule has 0 aromatic heterocycles. The van der Waals surface area contributed by atoms with Crippen molar-refractivity contribution in [3.05, 3.63) is 58.8 Å². The molecule has 150 valence electrons. The lowest BCUT2D eigenvalue weighted by Gasteiger charge is -2.31. The van der Waals surface area contributed by atoms with Gasteiger partial charge in [-0.05, 0) is 37.1 Å². The number of allylic oxidation sites excluding steroid dienone is 1. The van der Waals surface area contributed by atoms with Crippen molar-refractivity contribution in [3.8, 4) is 17.2 Å². The molecule has 3 aliphatic heterocycles. The van der Waals surface area contributed by atoms with Crippen LogP contribution in [0.4, 0.5) is 0 Å². The van der Waals surface area contributed by atoms with E-state index >= 15 is 0 Å². The Morgan fingerprint density at radius 2 is 2.14 bits per heavy atom. The number of carbonyl (C=O) groups is 1. The summed E-state index contributed by atoms with van der Waals surface area (Å²) in [6.07, 6.45) is 4.18. The van der Waals surface area contributed by atoms with Gasteiger partial charge in [-0.1, -0.05) is 18.2 Å². The largest absolute Gasteiger partial charge is 0.496 e. The van der Waals surface area contributed by atoms with E-state index in [4.69, 9.17) is 18.9 Å². The summed E-state index contributed by atoms with van der Waals surface area (Å²) in [6.45, 7) is 2.85. The summed E-state index contributed by atoms with van der Waals surface area (Å²) in [5.41, 5.74) is 2.30. The maximum Gasteiger partial charge on any atom is 0.231 e. The summed E-state index contributed by atoms with van der Waals surface area (Å²) in [5, 5.41) is 0. The fourth-order valence-corrected chi connectivity index (χ4v) is 4.12. The van der Waals surface area contributed by atoms with E-state index in [1.54, 1.807) is 19.3 Å². The molecule has 0 radical (unpaired) electrons. The number of rotatable bonds is 4. The Hall–Kier alpha value is -2.83. The van der Waals surface area contributed by atoms with Gasteiger partial charge >= 0.3 is 0 Å². The molecule has 1 atom stereocenters. The molecule has 0 unspecified atom stereocenters. The molecule has 0 amide bonds. The molecular weight excluding hydrogens is 370 g/mol. The summed E-state index contributed by atoms with van der Waals surface area (Å²) in [5.74, 6) is 2.25. The van der Waals surface area contributed by atoms with E-state index in [0.717, 1.165) is 42.9 Å². The normalized spacial score (nSPS) is 22.2. The number of para-hydroxylation sites is 1. The van der Waals surface area contributed by atoms with Crippen LogP contribution in [-0.2, 0) is 11.3 Å². The number of carbonyl (C=O) groups excluding carboxylic acids is 1. The Morgan fingerprint density at radius 3 is 2.97 bits per heavy atom. The van der Waals surface area contributed by atoms with Gasteiger partial charge in [0.05, 0.1) is 24.3 Å². The Balaban J connectivity index is 1.43. The number of hydrogen-bond acceptors (Lipinski definition) is 6. The number of methoxy groups -OCH3 is 1. The minimum atomic E-state index is -0.120. The molecule has 0 spiro atoms. The van der Waals surface area contributed by atoms with Crippen molar-refractivity contribution < 1.29 is 23.7 Å². The monoisotopic (exact) mass is 393 g/mol. The van der Waals surface area contributed by atoms with Crippen LogP contribution in [0.1, 0.15) is 34.3 Å². The maximum atomic E-state index is 12.9. The zero-order valence-electron chi connectivity index (χ0n) is 16.3. The zero-order chi connectivity index (χ0) is 19.8. The summed E-state index contributed by atoms with van der Waals surface area (Å²) in [6, 6.07) is 11.2. The Labute approximate surface area is 169 Å². The molecule has 0 saturated carbocycles. The Kier molecular flexibility index (Phi) is 4.73. The van der Waals surface area contributed by atoms with Crippen LogP contribution in [0.15, 0.2) is 42.2 Å². The molecule has 6 heteroatoms. The van der Waals surface area contributed by atoms with Crippen LogP contribution in [-0.4, -0.2) is 43.8 Å². The molecule has 29 heavy (non-hydrogen) atoms. The highest BCUT2D eigenvalue weighted by Crippen LogP contribution is 2.42. The van der Waals surface area contributed by atoms with Crippen molar-refractivity contribution in [2.24, 2.45) is 0 Å². The molecule has 0 aliphatic carbocycles. The number of hydrogen-bond donors (Lipinski definition) is 0. The van der Waals surface area contributed by atoms with Crippen LogP contribution in [0, 0.1) is 0 Å². The lowest BCUT2D eigenvalue weighted by atomic mass is 10.0. The average molecular weight is 393 g/mol. The summed E-state index contributed by atoms with van der Waals surface area (Å²) < 4.78 is 23.1. The quantitative estimate of drug-likeness (QED) is 0.740. The first kappa shape index (κ1) is 18.2. The van der Waals surface area contributed by atoms with Gasteiger partial charge in [0.15, 0.2) is 5.76 Å². The SMILES string of the molecule is COc1ccccc1/C=C1\Oc2c(ccc3c2CN(C[C@@H]2CCCO2)CO3)C1=O. The van der Waals surface area contributed by atoms with Gasteiger partial charge in [0.25, 0.3) is 0 Å². The highest BCUT2D eigenvalue weighted by atomic mass is 16.5. The lowest BCUT2D eigenvalue weighted by molar-refractivity contribution is 0.0274. The zero-order valence-corrected chi connectivity index (χ0v) is 16.3. The van der Waals surface area contributed by atoms with Crippen LogP contribution in [0.2, 0.25) is 0 Å². The van der Waals surface area contributed by atoms with E-state index in [9.17, 15) is 4.79 Å². The molecule has 6 nitrogen and oxygen atoms in total. The molecular formula is C23H23NO5. The first-order chi connectivity index (χ1) is 14.2. The van der Waals surface area contributed by atoms with Gasteiger partial charge in [-0.3, -0.25) is 9.69 Å². The van der Waals surface area contributed by atoms with Crippen LogP contribution in [0.25, 0.3) is 6.08 Å². The molecule has 2 aromatic carbocycles. The summed E-state index contributed by atoms with van der Waals surface area (Å²) in [7, 11) is 1.61. The van der Waals surface area contributed by atoms with Crippen molar-refractivity contribution in [2.75, 3.05) is 27.0 Å². The third-order valence-corrected chi connectivity index (χ3v) is 5.59. The minimum absolute atomic E-state index is 0.120. The second kappa shape index (κ2) is 7.54. The van der Waals surface area contributed by atoms with Gasteiger partial charge in [-0.2, -0.15) is 0 Å². The number of benzene rings is 2. The van der Waals surface area contributed by atoms with Gasteiger partial charge in [0.2, 0.25) is 5.78 Å². The van der Waals surface area contributed by atoms with Gasteiger partial charge < -0.3 is 18.9 Å². The van der Waals surface area contributed by atoms with E-state index in [1.165, 1.54) is 0 Å². The molecule has 0 bridgehead atoms. The Morgan fingerprint density at radius 1 is 1.24 bits per heavy atom. The highest BCUT2D eigenvalue weighted by molar-refractivity contribution is 6.15. The van der Waals surface area contributed by atoms with Crippen LogP contribution in [0.5, 0.6) is 17.2 Å². The molecule has 1 saturated heterocycles. The molecule has 3 heterocycles. The molecule has 0 N–H and O–H groups in total. The van der Waals surface area contributed by atoms with E-state index in [1.807, 2.05) is 30.3 Å². The molecule has 2 aromatic rings. The van der Waals surface area contributed by atoms with E-state index in [-0.39, 0.29) is 11.9 Å². The summed E-state index contributed by atoms with van der Waals surface area (Å²) in [4.78, 5) is 15.1. The topological polar surface area (TPSA) is 57.2 Å². The Bertz CT molecular complexity index is 977. The lowest BCUT2D eigenvalue weighted by Crippen LogP contribution is -2.37. The van der Waals surface area contributed by atoms with Crippen molar-refractivity contribution >= 4 is 11.9 Å². The standard InChI is InChI=1S/C23H23NO5/c1-26-19-7-3-2-5-15(19)11-21-22(25)17-8-9-20-18(23(17)29-21)13-24(14-28-20)12-16-6-4-10-27-16/h2-3,5,7-9,11,16H,4,6,10,12-14H2,1H3/b21-11-/t16-/m0/s1. The number of fused-ring (bicyclic) bond motifs is 3.